The number of aromatic nitrogens is 3. The van der Waals surface area contributed by atoms with Crippen molar-refractivity contribution in [3.8, 4) is 11.5 Å². The molecule has 0 saturated carbocycles. The molecule has 7 nitrogen and oxygen atoms in total. The minimum atomic E-state index is -0.155. The van der Waals surface area contributed by atoms with Crippen LogP contribution in [0, 0.1) is 0 Å². The third-order valence-corrected chi connectivity index (χ3v) is 4.35. The van der Waals surface area contributed by atoms with Gasteiger partial charge in [-0.15, -0.1) is 0 Å². The van der Waals surface area contributed by atoms with E-state index in [1.807, 2.05) is 40.0 Å². The van der Waals surface area contributed by atoms with E-state index in [-0.39, 0.29) is 17.9 Å². The maximum atomic E-state index is 12.3. The summed E-state index contributed by atoms with van der Waals surface area (Å²) in [6.45, 7) is 7.55. The lowest BCUT2D eigenvalue weighted by molar-refractivity contribution is -0.132. The molecule has 0 radical (unpaired) electrons. The highest BCUT2D eigenvalue weighted by Crippen LogP contribution is 2.24. The summed E-state index contributed by atoms with van der Waals surface area (Å²) in [6, 6.07) is 3.67. The van der Waals surface area contributed by atoms with E-state index in [2.05, 4.69) is 20.0 Å². The largest absolute Gasteiger partial charge is 0.343 e. The number of anilines is 1. The average molecular weight is 329 g/mol. The smallest absolute Gasteiger partial charge is 0.259 e. The molecule has 0 aliphatic carbocycles. The van der Waals surface area contributed by atoms with E-state index in [1.54, 1.807) is 11.1 Å². The second-order valence-electron chi connectivity index (χ2n) is 6.39. The Balaban J connectivity index is 1.82. The van der Waals surface area contributed by atoms with Crippen LogP contribution in [0.2, 0.25) is 0 Å². The van der Waals surface area contributed by atoms with Crippen molar-refractivity contribution in [2.75, 3.05) is 25.0 Å². The van der Waals surface area contributed by atoms with Crippen molar-refractivity contribution in [3.05, 3.63) is 24.2 Å². The van der Waals surface area contributed by atoms with Crippen molar-refractivity contribution in [2.45, 2.75) is 39.2 Å². The van der Waals surface area contributed by atoms with Crippen molar-refractivity contribution >= 4 is 11.7 Å². The van der Waals surface area contributed by atoms with Crippen LogP contribution in [0.15, 0.2) is 22.9 Å². The number of carbonyl (C=O) groups excluding carboxylic acids is 1. The van der Waals surface area contributed by atoms with Crippen LogP contribution in [0.25, 0.3) is 11.5 Å². The van der Waals surface area contributed by atoms with Gasteiger partial charge in [-0.1, -0.05) is 25.9 Å². The van der Waals surface area contributed by atoms with Gasteiger partial charge in [0.05, 0.1) is 5.56 Å². The van der Waals surface area contributed by atoms with E-state index in [0.717, 1.165) is 24.3 Å². The summed E-state index contributed by atoms with van der Waals surface area (Å²) in [6.07, 6.45) is 2.48. The number of piperazine rings is 1. The SMILES string of the molecule is CC[C@H]1C(=O)N(C)CCN1c1ccc(-c2nc(C(C)C)no2)cn1. The summed E-state index contributed by atoms with van der Waals surface area (Å²) in [5.74, 6) is 2.32. The highest BCUT2D eigenvalue weighted by atomic mass is 16.5. The lowest BCUT2D eigenvalue weighted by atomic mass is 10.1. The minimum absolute atomic E-state index is 0.146. The lowest BCUT2D eigenvalue weighted by Gasteiger charge is -2.39. The first-order valence-corrected chi connectivity index (χ1v) is 8.33. The number of pyridine rings is 1. The van der Waals surface area contributed by atoms with Crippen molar-refractivity contribution in [1.82, 2.24) is 20.0 Å². The summed E-state index contributed by atoms with van der Waals surface area (Å²) in [4.78, 5) is 25.1. The molecule has 7 heteroatoms. The molecule has 0 aromatic carbocycles. The third kappa shape index (κ3) is 2.98. The first-order chi connectivity index (χ1) is 11.5. The number of hydrogen-bond acceptors (Lipinski definition) is 6. The van der Waals surface area contributed by atoms with E-state index in [0.29, 0.717) is 18.3 Å². The molecule has 0 spiro atoms. The van der Waals surface area contributed by atoms with Gasteiger partial charge in [0.2, 0.25) is 5.91 Å². The number of rotatable bonds is 4. The number of carbonyl (C=O) groups is 1. The Kier molecular flexibility index (Phi) is 4.51. The zero-order valence-electron chi connectivity index (χ0n) is 14.6. The van der Waals surface area contributed by atoms with Crippen LogP contribution in [0.1, 0.15) is 38.9 Å². The van der Waals surface area contributed by atoms with E-state index in [9.17, 15) is 4.79 Å². The number of amides is 1. The molecule has 24 heavy (non-hydrogen) atoms. The Morgan fingerprint density at radius 1 is 1.33 bits per heavy atom. The third-order valence-electron chi connectivity index (χ3n) is 4.35. The van der Waals surface area contributed by atoms with E-state index < -0.39 is 0 Å². The zero-order chi connectivity index (χ0) is 17.3. The molecule has 1 aliphatic heterocycles. The molecule has 3 heterocycles. The molecule has 1 aliphatic rings. The summed E-state index contributed by atoms with van der Waals surface area (Å²) >= 11 is 0. The number of nitrogens with zero attached hydrogens (tertiary/aromatic N) is 5. The monoisotopic (exact) mass is 329 g/mol. The lowest BCUT2D eigenvalue weighted by Crippen LogP contribution is -2.55. The van der Waals surface area contributed by atoms with Gasteiger partial charge in [0.1, 0.15) is 11.9 Å². The number of likely N-dealkylation sites (N-methyl/N-ethyl adjacent to an activating group) is 1. The zero-order valence-corrected chi connectivity index (χ0v) is 14.6. The molecule has 1 saturated heterocycles. The van der Waals surface area contributed by atoms with E-state index in [1.165, 1.54) is 0 Å². The Bertz CT molecular complexity index is 710. The molecule has 0 N–H and O–H groups in total. The van der Waals surface area contributed by atoms with Gasteiger partial charge in [-0.25, -0.2) is 4.98 Å². The predicted molar refractivity (Wildman–Crippen MR) is 90.7 cm³/mol. The molecule has 1 amide bonds. The highest BCUT2D eigenvalue weighted by Gasteiger charge is 2.32. The molecular weight excluding hydrogens is 306 g/mol. The van der Waals surface area contributed by atoms with Gasteiger partial charge in [-0.3, -0.25) is 4.79 Å². The van der Waals surface area contributed by atoms with Gasteiger partial charge in [-0.05, 0) is 18.6 Å². The summed E-state index contributed by atoms with van der Waals surface area (Å²) < 4.78 is 5.30. The van der Waals surface area contributed by atoms with Gasteiger partial charge in [0.25, 0.3) is 5.89 Å². The summed E-state index contributed by atoms with van der Waals surface area (Å²) in [7, 11) is 1.85. The standard InChI is InChI=1S/C17H23N5O2/c1-5-13-17(23)21(4)8-9-22(13)14-7-6-12(10-18-14)16-19-15(11(2)3)20-24-16/h6-7,10-11,13H,5,8-9H2,1-4H3/t13-/m0/s1. The van der Waals surface area contributed by atoms with Crippen LogP contribution >= 0.6 is 0 Å². The highest BCUT2D eigenvalue weighted by molar-refractivity contribution is 5.86. The molecule has 0 bridgehead atoms. The maximum Gasteiger partial charge on any atom is 0.259 e. The van der Waals surface area contributed by atoms with E-state index in [4.69, 9.17) is 4.52 Å². The fourth-order valence-electron chi connectivity index (χ4n) is 2.85. The van der Waals surface area contributed by atoms with Crippen LogP contribution in [0.3, 0.4) is 0 Å². The molecular formula is C17H23N5O2. The Hall–Kier alpha value is -2.44. The van der Waals surface area contributed by atoms with Gasteiger partial charge in [0, 0.05) is 32.3 Å². The van der Waals surface area contributed by atoms with Crippen molar-refractivity contribution in [2.24, 2.45) is 0 Å². The quantitative estimate of drug-likeness (QED) is 0.857. The second kappa shape index (κ2) is 6.59. The average Bonchev–Trinajstić information content (AvgIpc) is 3.08. The van der Waals surface area contributed by atoms with Crippen LogP contribution in [0.4, 0.5) is 5.82 Å². The predicted octanol–water partition coefficient (Wildman–Crippen LogP) is 2.31. The van der Waals surface area contributed by atoms with Gasteiger partial charge >= 0.3 is 0 Å². The fourth-order valence-corrected chi connectivity index (χ4v) is 2.85. The maximum absolute atomic E-state index is 12.3. The normalized spacial score (nSPS) is 18.5. The Labute approximate surface area is 141 Å². The topological polar surface area (TPSA) is 75.4 Å². The van der Waals surface area contributed by atoms with Crippen LogP contribution in [-0.4, -0.2) is 52.1 Å². The van der Waals surface area contributed by atoms with Crippen molar-refractivity contribution in [1.29, 1.82) is 0 Å². The molecule has 1 atom stereocenters. The van der Waals surface area contributed by atoms with Crippen LogP contribution < -0.4 is 4.90 Å². The van der Waals surface area contributed by atoms with E-state index >= 15 is 0 Å². The number of hydrogen-bond donors (Lipinski definition) is 0. The Morgan fingerprint density at radius 2 is 2.12 bits per heavy atom. The summed E-state index contributed by atoms with van der Waals surface area (Å²) in [5, 5.41) is 3.97. The van der Waals surface area contributed by atoms with Crippen molar-refractivity contribution < 1.29 is 9.32 Å². The fraction of sp³-hybridized carbons (Fsp3) is 0.529. The summed E-state index contributed by atoms with van der Waals surface area (Å²) in [5.41, 5.74) is 0.784. The molecule has 2 aromatic rings. The van der Waals surface area contributed by atoms with Crippen LogP contribution in [0.5, 0.6) is 0 Å². The van der Waals surface area contributed by atoms with Gasteiger partial charge in [-0.2, -0.15) is 4.98 Å². The first kappa shape index (κ1) is 16.4. The molecule has 1 fully saturated rings. The van der Waals surface area contributed by atoms with Gasteiger partial charge in [0.15, 0.2) is 5.82 Å². The van der Waals surface area contributed by atoms with Gasteiger partial charge < -0.3 is 14.3 Å². The molecule has 3 rings (SSSR count). The minimum Gasteiger partial charge on any atom is -0.343 e. The Morgan fingerprint density at radius 3 is 2.71 bits per heavy atom. The van der Waals surface area contributed by atoms with Crippen LogP contribution in [-0.2, 0) is 4.79 Å². The second-order valence-corrected chi connectivity index (χ2v) is 6.39. The first-order valence-electron chi connectivity index (χ1n) is 8.33. The molecule has 128 valence electrons. The molecule has 2 aromatic heterocycles. The molecule has 0 unspecified atom stereocenters. The van der Waals surface area contributed by atoms with Crippen molar-refractivity contribution in [3.63, 3.8) is 0 Å².